The zero-order valence-corrected chi connectivity index (χ0v) is 7.33. The lowest BCUT2D eigenvalue weighted by molar-refractivity contribution is -0.385. The molecule has 1 aromatic carbocycles. The van der Waals surface area contributed by atoms with E-state index in [1.165, 1.54) is 6.07 Å². The molecule has 0 heterocycles. The molecule has 3 nitrogen and oxygen atoms in total. The van der Waals surface area contributed by atoms with Gasteiger partial charge < -0.3 is 0 Å². The van der Waals surface area contributed by atoms with Crippen molar-refractivity contribution in [2.24, 2.45) is 0 Å². The van der Waals surface area contributed by atoms with E-state index in [2.05, 4.69) is 12.6 Å². The van der Waals surface area contributed by atoms with Crippen molar-refractivity contribution >= 4 is 18.3 Å². The molecule has 4 heteroatoms. The molecule has 64 valence electrons. The van der Waals surface area contributed by atoms with E-state index < -0.39 is 0 Å². The second kappa shape index (κ2) is 4.11. The SMILES string of the molecule is O=[N+]([O-])c1ccccc1CCS. The highest BCUT2D eigenvalue weighted by Crippen LogP contribution is 2.17. The zero-order chi connectivity index (χ0) is 8.97. The van der Waals surface area contributed by atoms with Crippen LogP contribution in [0.2, 0.25) is 0 Å². The van der Waals surface area contributed by atoms with Crippen LogP contribution in [0.25, 0.3) is 0 Å². The van der Waals surface area contributed by atoms with Crippen LogP contribution in [0.15, 0.2) is 24.3 Å². The van der Waals surface area contributed by atoms with Gasteiger partial charge in [0.05, 0.1) is 4.92 Å². The molecule has 0 N–H and O–H groups in total. The number of rotatable bonds is 3. The van der Waals surface area contributed by atoms with Gasteiger partial charge in [-0.3, -0.25) is 10.1 Å². The van der Waals surface area contributed by atoms with Crippen molar-refractivity contribution in [2.75, 3.05) is 5.75 Å². The monoisotopic (exact) mass is 183 g/mol. The lowest BCUT2D eigenvalue weighted by Gasteiger charge is -1.98. The number of nitro benzene ring substituents is 1. The molecule has 0 fully saturated rings. The van der Waals surface area contributed by atoms with E-state index in [0.29, 0.717) is 12.2 Å². The van der Waals surface area contributed by atoms with Gasteiger partial charge in [-0.25, -0.2) is 0 Å². The second-order valence-electron chi connectivity index (χ2n) is 2.36. The number of para-hydroxylation sites is 1. The van der Waals surface area contributed by atoms with Gasteiger partial charge in [-0.05, 0) is 12.2 Å². The molecule has 0 aliphatic rings. The zero-order valence-electron chi connectivity index (χ0n) is 6.43. The highest BCUT2D eigenvalue weighted by atomic mass is 32.1. The minimum Gasteiger partial charge on any atom is -0.258 e. The van der Waals surface area contributed by atoms with Crippen molar-refractivity contribution in [3.8, 4) is 0 Å². The van der Waals surface area contributed by atoms with E-state index in [9.17, 15) is 10.1 Å². The molecule has 0 aromatic heterocycles. The Balaban J connectivity index is 3.00. The van der Waals surface area contributed by atoms with E-state index in [-0.39, 0.29) is 10.6 Å². The first-order chi connectivity index (χ1) is 5.75. The number of benzene rings is 1. The first kappa shape index (κ1) is 9.06. The minimum absolute atomic E-state index is 0.187. The highest BCUT2D eigenvalue weighted by molar-refractivity contribution is 7.80. The molecule has 0 radical (unpaired) electrons. The summed E-state index contributed by atoms with van der Waals surface area (Å²) in [5.41, 5.74) is 0.934. The number of hydrogen-bond acceptors (Lipinski definition) is 3. The summed E-state index contributed by atoms with van der Waals surface area (Å²) in [6.45, 7) is 0. The molecular weight excluding hydrogens is 174 g/mol. The van der Waals surface area contributed by atoms with Crippen LogP contribution in [0.1, 0.15) is 5.56 Å². The van der Waals surface area contributed by atoms with Crippen molar-refractivity contribution in [1.82, 2.24) is 0 Å². The first-order valence-electron chi connectivity index (χ1n) is 3.59. The molecule has 0 aliphatic carbocycles. The fourth-order valence-electron chi connectivity index (χ4n) is 1.02. The second-order valence-corrected chi connectivity index (χ2v) is 2.81. The summed E-state index contributed by atoms with van der Waals surface area (Å²) in [6.07, 6.45) is 0.639. The number of aryl methyl sites for hydroxylation is 1. The van der Waals surface area contributed by atoms with Gasteiger partial charge in [0.2, 0.25) is 0 Å². The third-order valence-corrected chi connectivity index (χ3v) is 1.79. The van der Waals surface area contributed by atoms with Crippen molar-refractivity contribution in [3.63, 3.8) is 0 Å². The van der Waals surface area contributed by atoms with Crippen LogP contribution in [0.5, 0.6) is 0 Å². The van der Waals surface area contributed by atoms with Crippen LogP contribution in [-0.4, -0.2) is 10.7 Å². The van der Waals surface area contributed by atoms with Crippen molar-refractivity contribution in [1.29, 1.82) is 0 Å². The molecule has 0 saturated heterocycles. The van der Waals surface area contributed by atoms with Crippen LogP contribution in [0, 0.1) is 10.1 Å². The maximum absolute atomic E-state index is 10.5. The Bertz CT molecular complexity index is 288. The van der Waals surface area contributed by atoms with E-state index >= 15 is 0 Å². The van der Waals surface area contributed by atoms with E-state index in [1.54, 1.807) is 18.2 Å². The van der Waals surface area contributed by atoms with Gasteiger partial charge in [0.15, 0.2) is 0 Å². The van der Waals surface area contributed by atoms with Gasteiger partial charge in [-0.1, -0.05) is 18.2 Å². The molecular formula is C8H9NO2S. The standard InChI is InChI=1S/C8H9NO2S/c10-9(11)8-4-2-1-3-7(8)5-6-12/h1-4,12H,5-6H2. The lowest BCUT2D eigenvalue weighted by atomic mass is 10.1. The van der Waals surface area contributed by atoms with Crippen LogP contribution >= 0.6 is 12.6 Å². The number of nitro groups is 1. The average molecular weight is 183 g/mol. The van der Waals surface area contributed by atoms with E-state index in [4.69, 9.17) is 0 Å². The third-order valence-electron chi connectivity index (χ3n) is 1.57. The highest BCUT2D eigenvalue weighted by Gasteiger charge is 2.10. The molecule has 0 atom stereocenters. The van der Waals surface area contributed by atoms with Crippen molar-refractivity contribution in [3.05, 3.63) is 39.9 Å². The number of hydrogen-bond donors (Lipinski definition) is 1. The van der Waals surface area contributed by atoms with Gasteiger partial charge >= 0.3 is 0 Å². The van der Waals surface area contributed by atoms with Gasteiger partial charge in [-0.2, -0.15) is 12.6 Å². The summed E-state index contributed by atoms with van der Waals surface area (Å²) in [4.78, 5) is 10.1. The molecule has 1 aromatic rings. The van der Waals surface area contributed by atoms with E-state index in [0.717, 1.165) is 5.56 Å². The van der Waals surface area contributed by atoms with Gasteiger partial charge in [0.1, 0.15) is 0 Å². The molecule has 0 aliphatic heterocycles. The smallest absolute Gasteiger partial charge is 0.258 e. The fraction of sp³-hybridized carbons (Fsp3) is 0.250. The molecule has 12 heavy (non-hydrogen) atoms. The van der Waals surface area contributed by atoms with Gasteiger partial charge in [0, 0.05) is 11.6 Å². The van der Waals surface area contributed by atoms with Crippen molar-refractivity contribution < 1.29 is 4.92 Å². The molecule has 0 bridgehead atoms. The normalized spacial score (nSPS) is 9.75. The molecule has 0 spiro atoms. The maximum atomic E-state index is 10.5. The summed E-state index contributed by atoms with van der Waals surface area (Å²) in [5.74, 6) is 0.630. The Kier molecular flexibility index (Phi) is 3.10. The van der Waals surface area contributed by atoms with Gasteiger partial charge in [-0.15, -0.1) is 0 Å². The Hall–Kier alpha value is -1.03. The molecule has 0 saturated carbocycles. The van der Waals surface area contributed by atoms with Crippen LogP contribution < -0.4 is 0 Å². The molecule has 1 rings (SSSR count). The predicted molar refractivity (Wildman–Crippen MR) is 50.7 cm³/mol. The largest absolute Gasteiger partial charge is 0.272 e. The Morgan fingerprint density at radius 1 is 1.42 bits per heavy atom. The molecule has 0 amide bonds. The Morgan fingerprint density at radius 2 is 2.08 bits per heavy atom. The summed E-state index contributed by atoms with van der Waals surface area (Å²) >= 11 is 4.03. The third kappa shape index (κ3) is 1.98. The fourth-order valence-corrected chi connectivity index (χ4v) is 1.26. The Morgan fingerprint density at radius 3 is 2.67 bits per heavy atom. The van der Waals surface area contributed by atoms with Crippen LogP contribution in [0.3, 0.4) is 0 Å². The van der Waals surface area contributed by atoms with Crippen LogP contribution in [-0.2, 0) is 6.42 Å². The predicted octanol–water partition coefficient (Wildman–Crippen LogP) is 2.07. The summed E-state index contributed by atoms with van der Waals surface area (Å²) in [5, 5.41) is 10.5. The molecule has 0 unspecified atom stereocenters. The van der Waals surface area contributed by atoms with Crippen molar-refractivity contribution in [2.45, 2.75) is 6.42 Å². The summed E-state index contributed by atoms with van der Waals surface area (Å²) < 4.78 is 0. The topological polar surface area (TPSA) is 43.1 Å². The summed E-state index contributed by atoms with van der Waals surface area (Å²) in [7, 11) is 0. The maximum Gasteiger partial charge on any atom is 0.272 e. The Labute approximate surface area is 76.0 Å². The first-order valence-corrected chi connectivity index (χ1v) is 4.22. The summed E-state index contributed by atoms with van der Waals surface area (Å²) in [6, 6.07) is 6.74. The number of nitrogens with zero attached hydrogens (tertiary/aromatic N) is 1. The van der Waals surface area contributed by atoms with Crippen LogP contribution in [0.4, 0.5) is 5.69 Å². The lowest BCUT2D eigenvalue weighted by Crippen LogP contribution is -1.95. The van der Waals surface area contributed by atoms with E-state index in [1.807, 2.05) is 0 Å². The number of thiol groups is 1. The average Bonchev–Trinajstić information content (AvgIpc) is 2.05. The quantitative estimate of drug-likeness (QED) is 0.443. The van der Waals surface area contributed by atoms with Gasteiger partial charge in [0.25, 0.3) is 5.69 Å². The minimum atomic E-state index is -0.362.